The first-order valence-corrected chi connectivity index (χ1v) is 11.7. The van der Waals surface area contributed by atoms with Crippen LogP contribution in [0.15, 0.2) is 41.3 Å². The van der Waals surface area contributed by atoms with Crippen LogP contribution < -0.4 is 14.8 Å². The van der Waals surface area contributed by atoms with Crippen LogP contribution in [0.25, 0.3) is 6.08 Å². The first-order chi connectivity index (χ1) is 14.9. The number of benzene rings is 2. The molecule has 32 heavy (non-hydrogen) atoms. The average molecular weight is 461 g/mol. The molecule has 0 aromatic heterocycles. The third kappa shape index (κ3) is 6.34. The van der Waals surface area contributed by atoms with Crippen molar-refractivity contribution in [1.29, 1.82) is 0 Å². The van der Waals surface area contributed by atoms with Gasteiger partial charge in [0.05, 0.1) is 18.6 Å². The van der Waals surface area contributed by atoms with Gasteiger partial charge in [-0.05, 0) is 66.8 Å². The molecule has 0 aliphatic carbocycles. The molecule has 1 amide bonds. The molecule has 0 saturated heterocycles. The summed E-state index contributed by atoms with van der Waals surface area (Å²) in [7, 11) is 0.896. The van der Waals surface area contributed by atoms with Gasteiger partial charge >= 0.3 is 0 Å². The summed E-state index contributed by atoms with van der Waals surface area (Å²) in [4.78, 5) is 12.7. The number of methoxy groups -OCH3 is 1. The van der Waals surface area contributed by atoms with Gasteiger partial charge in [0.2, 0.25) is 15.9 Å². The lowest BCUT2D eigenvalue weighted by Crippen LogP contribution is -2.22. The van der Waals surface area contributed by atoms with Crippen LogP contribution in [0.1, 0.15) is 30.5 Å². The molecule has 1 N–H and O–H groups in total. The Morgan fingerprint density at radius 3 is 2.41 bits per heavy atom. The summed E-state index contributed by atoms with van der Waals surface area (Å²) in [5.41, 5.74) is 2.80. The van der Waals surface area contributed by atoms with Crippen LogP contribution in [0.4, 0.5) is 5.69 Å². The van der Waals surface area contributed by atoms with Crippen molar-refractivity contribution in [3.63, 3.8) is 0 Å². The number of hydrogen-bond donors (Lipinski definition) is 1. The number of ether oxygens (including phenoxy) is 2. The highest BCUT2D eigenvalue weighted by molar-refractivity contribution is 7.89. The molecule has 0 spiro atoms. The van der Waals surface area contributed by atoms with Crippen LogP contribution in [0, 0.1) is 19.8 Å². The Morgan fingerprint density at radius 1 is 1.12 bits per heavy atom. The van der Waals surface area contributed by atoms with Crippen LogP contribution in [0.5, 0.6) is 11.5 Å². The van der Waals surface area contributed by atoms with Crippen LogP contribution in [-0.4, -0.2) is 46.4 Å². The maximum absolute atomic E-state index is 12.5. The zero-order chi connectivity index (χ0) is 24.1. The fraction of sp³-hybridized carbons (Fsp3) is 0.375. The molecule has 0 saturated carbocycles. The highest BCUT2D eigenvalue weighted by Gasteiger charge is 2.20. The van der Waals surface area contributed by atoms with Crippen molar-refractivity contribution in [3.05, 3.63) is 53.1 Å². The minimum Gasteiger partial charge on any atom is -0.493 e. The Balaban J connectivity index is 2.21. The highest BCUT2D eigenvalue weighted by atomic mass is 32.2. The molecule has 0 aliphatic rings. The van der Waals surface area contributed by atoms with E-state index in [2.05, 4.69) is 19.2 Å². The van der Waals surface area contributed by atoms with E-state index in [1.807, 2.05) is 26.0 Å². The normalized spacial score (nSPS) is 11.9. The summed E-state index contributed by atoms with van der Waals surface area (Å²) in [6, 6.07) is 8.52. The van der Waals surface area contributed by atoms with E-state index in [-0.39, 0.29) is 10.8 Å². The third-order valence-electron chi connectivity index (χ3n) is 4.86. The summed E-state index contributed by atoms with van der Waals surface area (Å²) in [5, 5.41) is 2.78. The minimum atomic E-state index is -3.61. The Kier molecular flexibility index (Phi) is 8.46. The number of sulfonamides is 1. The minimum absolute atomic E-state index is 0.131. The van der Waals surface area contributed by atoms with E-state index in [0.717, 1.165) is 21.0 Å². The Labute approximate surface area is 191 Å². The van der Waals surface area contributed by atoms with E-state index in [1.165, 1.54) is 26.2 Å². The topological polar surface area (TPSA) is 84.9 Å². The van der Waals surface area contributed by atoms with E-state index >= 15 is 0 Å². The van der Waals surface area contributed by atoms with Crippen LogP contribution >= 0.6 is 0 Å². The van der Waals surface area contributed by atoms with Crippen molar-refractivity contribution in [2.75, 3.05) is 33.1 Å². The maximum Gasteiger partial charge on any atom is 0.248 e. The number of amides is 1. The second-order valence-electron chi connectivity index (χ2n) is 8.14. The van der Waals surface area contributed by atoms with Gasteiger partial charge in [-0.25, -0.2) is 12.7 Å². The van der Waals surface area contributed by atoms with Gasteiger partial charge in [0.15, 0.2) is 11.5 Å². The van der Waals surface area contributed by atoms with Gasteiger partial charge in [-0.1, -0.05) is 19.9 Å². The number of anilines is 1. The molecule has 2 rings (SSSR count). The van der Waals surface area contributed by atoms with E-state index in [4.69, 9.17) is 9.47 Å². The molecule has 0 unspecified atom stereocenters. The number of carbonyl (C=O) groups is 1. The number of carbonyl (C=O) groups excluding carboxylic acids is 1. The molecular weight excluding hydrogens is 428 g/mol. The number of nitrogens with zero attached hydrogens (tertiary/aromatic N) is 1. The predicted octanol–water partition coefficient (Wildman–Crippen LogP) is 4.25. The smallest absolute Gasteiger partial charge is 0.248 e. The quantitative estimate of drug-likeness (QED) is 0.566. The van der Waals surface area contributed by atoms with Crippen molar-refractivity contribution in [2.24, 2.45) is 5.92 Å². The van der Waals surface area contributed by atoms with Gasteiger partial charge in [-0.2, -0.15) is 0 Å². The zero-order valence-corrected chi connectivity index (χ0v) is 20.5. The number of aryl methyl sites for hydroxylation is 1. The molecule has 7 nitrogen and oxygen atoms in total. The first kappa shape index (κ1) is 25.4. The fourth-order valence-corrected chi connectivity index (χ4v) is 3.84. The second-order valence-corrected chi connectivity index (χ2v) is 10.3. The van der Waals surface area contributed by atoms with Crippen molar-refractivity contribution in [1.82, 2.24) is 4.31 Å². The van der Waals surface area contributed by atoms with Gasteiger partial charge in [0.1, 0.15) is 0 Å². The SMILES string of the molecule is COc1cc(/C=C/C(=O)Nc2cc(S(=O)(=O)N(C)C)cc(C)c2C)ccc1OCC(C)C. The lowest BCUT2D eigenvalue weighted by Gasteiger charge is -2.16. The first-order valence-electron chi connectivity index (χ1n) is 10.3. The van der Waals surface area contributed by atoms with Crippen LogP contribution in [0.3, 0.4) is 0 Å². The van der Waals surface area contributed by atoms with Gasteiger partial charge in [-0.15, -0.1) is 0 Å². The number of rotatable bonds is 9. The van der Waals surface area contributed by atoms with E-state index in [1.54, 1.807) is 25.3 Å². The molecular formula is C24H32N2O5S. The van der Waals surface area contributed by atoms with Crippen molar-refractivity contribution in [2.45, 2.75) is 32.6 Å². The summed E-state index contributed by atoms with van der Waals surface area (Å²) in [6.07, 6.45) is 3.05. The molecule has 8 heteroatoms. The predicted molar refractivity (Wildman–Crippen MR) is 128 cm³/mol. The molecule has 0 radical (unpaired) electrons. The Bertz CT molecular complexity index is 1110. The lowest BCUT2D eigenvalue weighted by molar-refractivity contribution is -0.111. The third-order valence-corrected chi connectivity index (χ3v) is 6.66. The highest BCUT2D eigenvalue weighted by Crippen LogP contribution is 2.29. The number of nitrogens with one attached hydrogen (secondary N) is 1. The van der Waals surface area contributed by atoms with Crippen molar-refractivity contribution < 1.29 is 22.7 Å². The molecule has 0 bridgehead atoms. The van der Waals surface area contributed by atoms with Crippen molar-refractivity contribution >= 4 is 27.7 Å². The summed E-state index contributed by atoms with van der Waals surface area (Å²) in [6.45, 7) is 8.36. The average Bonchev–Trinajstić information content (AvgIpc) is 2.73. The van der Waals surface area contributed by atoms with Gasteiger partial charge < -0.3 is 14.8 Å². The molecule has 0 heterocycles. The van der Waals surface area contributed by atoms with Gasteiger partial charge in [0.25, 0.3) is 0 Å². The monoisotopic (exact) mass is 460 g/mol. The van der Waals surface area contributed by atoms with E-state index in [0.29, 0.717) is 29.7 Å². The summed E-state index contributed by atoms with van der Waals surface area (Å²) in [5.74, 6) is 1.25. The molecule has 0 aliphatic heterocycles. The largest absolute Gasteiger partial charge is 0.493 e. The number of hydrogen-bond acceptors (Lipinski definition) is 5. The van der Waals surface area contributed by atoms with E-state index < -0.39 is 10.0 Å². The Morgan fingerprint density at radius 2 is 1.81 bits per heavy atom. The second kappa shape index (κ2) is 10.7. The molecule has 0 fully saturated rings. The Hall–Kier alpha value is -2.84. The maximum atomic E-state index is 12.5. The molecule has 0 atom stereocenters. The van der Waals surface area contributed by atoms with Crippen molar-refractivity contribution in [3.8, 4) is 11.5 Å². The molecule has 2 aromatic rings. The van der Waals surface area contributed by atoms with Gasteiger partial charge in [0, 0.05) is 25.9 Å². The summed E-state index contributed by atoms with van der Waals surface area (Å²) < 4.78 is 37.3. The zero-order valence-electron chi connectivity index (χ0n) is 19.7. The molecule has 2 aromatic carbocycles. The standard InChI is InChI=1S/C24H32N2O5S/c1-16(2)15-31-22-10-8-19(13-23(22)30-7)9-11-24(27)25-21-14-20(12-17(3)18(21)4)32(28,29)26(5)6/h8-14,16H,15H2,1-7H3,(H,25,27)/b11-9+. The van der Waals surface area contributed by atoms with E-state index in [9.17, 15) is 13.2 Å². The van der Waals surface area contributed by atoms with Crippen LogP contribution in [0.2, 0.25) is 0 Å². The van der Waals surface area contributed by atoms with Gasteiger partial charge in [-0.3, -0.25) is 4.79 Å². The van der Waals surface area contributed by atoms with Crippen LogP contribution in [-0.2, 0) is 14.8 Å². The molecule has 174 valence electrons. The lowest BCUT2D eigenvalue weighted by atomic mass is 10.1. The fourth-order valence-electron chi connectivity index (χ4n) is 2.83. The summed E-state index contributed by atoms with van der Waals surface area (Å²) >= 11 is 0.